The Bertz CT molecular complexity index is 1310. The molecule has 0 aliphatic heterocycles. The molecule has 0 radical (unpaired) electrons. The number of thiophene rings is 1. The Morgan fingerprint density at radius 3 is 2.07 bits per heavy atom. The van der Waals surface area contributed by atoms with E-state index in [-0.39, 0.29) is 11.3 Å². The maximum Gasteiger partial charge on any atom is 0.416 e. The number of hydrogen-bond donors (Lipinski definition) is 2. The minimum absolute atomic E-state index is 0.349. The second-order valence-corrected chi connectivity index (χ2v) is 7.18. The maximum absolute atomic E-state index is 12.7. The van der Waals surface area contributed by atoms with Gasteiger partial charge in [-0.05, 0) is 28.8 Å². The number of H-pyrrole nitrogens is 1. The van der Waals surface area contributed by atoms with Gasteiger partial charge in [-0.2, -0.15) is 18.4 Å². The summed E-state index contributed by atoms with van der Waals surface area (Å²) in [6.45, 7) is 0. The van der Waals surface area contributed by atoms with E-state index in [1.54, 1.807) is 35.7 Å². The number of halogens is 3. The first kappa shape index (κ1) is 18.8. The van der Waals surface area contributed by atoms with Crippen LogP contribution in [-0.2, 0) is 6.18 Å². The Labute approximate surface area is 166 Å². The second kappa shape index (κ2) is 6.79. The minimum Gasteiger partial charge on any atom is -0.506 e. The molecule has 2 heterocycles. The number of alkyl halides is 3. The topological polar surface area (TPSA) is 76.9 Å². The second-order valence-electron chi connectivity index (χ2n) is 6.30. The molecule has 4 nitrogen and oxygen atoms in total. The van der Waals surface area contributed by atoms with E-state index in [9.17, 15) is 23.1 Å². The van der Waals surface area contributed by atoms with Crippen molar-refractivity contribution in [2.45, 2.75) is 6.18 Å². The van der Waals surface area contributed by atoms with Crippen LogP contribution in [0.1, 0.15) is 11.1 Å². The van der Waals surface area contributed by atoms with Crippen LogP contribution in [0.25, 0.3) is 32.5 Å². The van der Waals surface area contributed by atoms with Crippen molar-refractivity contribution in [3.05, 3.63) is 75.4 Å². The van der Waals surface area contributed by atoms with Gasteiger partial charge in [0.15, 0.2) is 5.56 Å². The summed E-state index contributed by atoms with van der Waals surface area (Å²) in [5.74, 6) is -0.366. The third-order valence-corrected chi connectivity index (χ3v) is 5.47. The smallest absolute Gasteiger partial charge is 0.416 e. The lowest BCUT2D eigenvalue weighted by Crippen LogP contribution is -2.09. The van der Waals surface area contributed by atoms with Crippen molar-refractivity contribution >= 4 is 21.6 Å². The van der Waals surface area contributed by atoms with Crippen molar-refractivity contribution in [2.75, 3.05) is 0 Å². The van der Waals surface area contributed by atoms with Gasteiger partial charge in [0.25, 0.3) is 5.56 Å². The van der Waals surface area contributed by atoms with Crippen LogP contribution < -0.4 is 5.56 Å². The number of hydrogen-bond acceptors (Lipinski definition) is 4. The highest BCUT2D eigenvalue weighted by Crippen LogP contribution is 2.39. The number of aromatic nitrogens is 1. The molecule has 0 unspecified atom stereocenters. The van der Waals surface area contributed by atoms with Crippen LogP contribution in [0.5, 0.6) is 5.75 Å². The molecule has 0 saturated heterocycles. The van der Waals surface area contributed by atoms with E-state index in [0.717, 1.165) is 23.3 Å². The Hall–Kier alpha value is -3.57. The van der Waals surface area contributed by atoms with Crippen LogP contribution in [0.3, 0.4) is 0 Å². The van der Waals surface area contributed by atoms with Gasteiger partial charge < -0.3 is 10.1 Å². The first-order chi connectivity index (χ1) is 13.8. The molecule has 0 spiro atoms. The SMILES string of the molecule is N#Cc1c(O)c2c(-c3ccc(-c4ccc(C(F)(F)F)cc4)cc3)csc2[nH]c1=O. The van der Waals surface area contributed by atoms with Crippen LogP contribution in [0.2, 0.25) is 0 Å². The van der Waals surface area contributed by atoms with E-state index in [0.29, 0.717) is 21.3 Å². The number of rotatable bonds is 2. The quantitative estimate of drug-likeness (QED) is 0.455. The number of aromatic hydroxyl groups is 1. The molecule has 8 heteroatoms. The molecule has 144 valence electrons. The molecule has 2 aromatic heterocycles. The lowest BCUT2D eigenvalue weighted by Gasteiger charge is -2.08. The Balaban J connectivity index is 1.74. The highest BCUT2D eigenvalue weighted by atomic mass is 32.1. The summed E-state index contributed by atoms with van der Waals surface area (Å²) >= 11 is 1.23. The Morgan fingerprint density at radius 1 is 0.966 bits per heavy atom. The van der Waals surface area contributed by atoms with E-state index in [4.69, 9.17) is 5.26 Å². The predicted molar refractivity (Wildman–Crippen MR) is 105 cm³/mol. The summed E-state index contributed by atoms with van der Waals surface area (Å²) in [7, 11) is 0. The van der Waals surface area contributed by atoms with Gasteiger partial charge in [0.05, 0.1) is 10.9 Å². The molecule has 0 fully saturated rings. The summed E-state index contributed by atoms with van der Waals surface area (Å²) in [5, 5.41) is 21.6. The zero-order valence-corrected chi connectivity index (χ0v) is 15.4. The largest absolute Gasteiger partial charge is 0.506 e. The van der Waals surface area contributed by atoms with E-state index in [1.807, 2.05) is 0 Å². The number of pyridine rings is 1. The molecule has 4 rings (SSSR count). The normalized spacial score (nSPS) is 11.5. The van der Waals surface area contributed by atoms with Crippen molar-refractivity contribution < 1.29 is 18.3 Å². The zero-order valence-electron chi connectivity index (χ0n) is 14.5. The lowest BCUT2D eigenvalue weighted by molar-refractivity contribution is -0.137. The molecule has 0 aliphatic carbocycles. The Morgan fingerprint density at radius 2 is 1.52 bits per heavy atom. The van der Waals surface area contributed by atoms with Gasteiger partial charge in [0.2, 0.25) is 0 Å². The molecule has 0 amide bonds. The third kappa shape index (κ3) is 3.26. The molecule has 0 saturated carbocycles. The predicted octanol–water partition coefficient (Wildman–Crippen LogP) is 5.52. The van der Waals surface area contributed by atoms with Crippen LogP contribution >= 0.6 is 11.3 Å². The van der Waals surface area contributed by atoms with E-state index in [1.165, 1.54) is 23.5 Å². The third-order valence-electron chi connectivity index (χ3n) is 4.57. The van der Waals surface area contributed by atoms with Gasteiger partial charge in [-0.15, -0.1) is 11.3 Å². The average Bonchev–Trinajstić information content (AvgIpc) is 3.12. The maximum atomic E-state index is 12.7. The van der Waals surface area contributed by atoms with Crippen LogP contribution in [0.4, 0.5) is 13.2 Å². The van der Waals surface area contributed by atoms with Crippen LogP contribution in [0.15, 0.2) is 58.7 Å². The summed E-state index contributed by atoms with van der Waals surface area (Å²) < 4.78 is 38.1. The highest BCUT2D eigenvalue weighted by Gasteiger charge is 2.30. The van der Waals surface area contributed by atoms with Gasteiger partial charge in [0.1, 0.15) is 16.6 Å². The van der Waals surface area contributed by atoms with Crippen LogP contribution in [-0.4, -0.2) is 10.1 Å². The highest BCUT2D eigenvalue weighted by molar-refractivity contribution is 7.17. The number of nitrogens with zero attached hydrogens (tertiary/aromatic N) is 1. The number of benzene rings is 2. The molecule has 0 bridgehead atoms. The minimum atomic E-state index is -4.38. The Kier molecular flexibility index (Phi) is 4.40. The van der Waals surface area contributed by atoms with Crippen molar-refractivity contribution in [3.8, 4) is 34.1 Å². The molecule has 0 atom stereocenters. The van der Waals surface area contributed by atoms with Gasteiger partial charge in [0, 0.05) is 10.9 Å². The molecule has 2 aromatic carbocycles. The summed E-state index contributed by atoms with van der Waals surface area (Å²) in [6.07, 6.45) is -4.38. The summed E-state index contributed by atoms with van der Waals surface area (Å²) in [4.78, 5) is 14.9. The number of nitrogens with one attached hydrogen (secondary N) is 1. The van der Waals surface area contributed by atoms with E-state index in [2.05, 4.69) is 4.98 Å². The fourth-order valence-corrected chi connectivity index (χ4v) is 4.06. The number of nitriles is 1. The first-order valence-electron chi connectivity index (χ1n) is 8.34. The van der Waals surface area contributed by atoms with E-state index < -0.39 is 17.3 Å². The molecule has 29 heavy (non-hydrogen) atoms. The van der Waals surface area contributed by atoms with Crippen molar-refractivity contribution in [1.82, 2.24) is 4.98 Å². The fraction of sp³-hybridized carbons (Fsp3) is 0.0476. The lowest BCUT2D eigenvalue weighted by atomic mass is 9.99. The van der Waals surface area contributed by atoms with Gasteiger partial charge in [-0.1, -0.05) is 36.4 Å². The monoisotopic (exact) mass is 412 g/mol. The zero-order chi connectivity index (χ0) is 20.8. The first-order valence-corrected chi connectivity index (χ1v) is 9.22. The number of aromatic amines is 1. The van der Waals surface area contributed by atoms with Gasteiger partial charge in [-0.3, -0.25) is 4.79 Å². The van der Waals surface area contributed by atoms with Gasteiger partial charge >= 0.3 is 6.18 Å². The molecular weight excluding hydrogens is 401 g/mol. The summed E-state index contributed by atoms with van der Waals surface area (Å²) in [5.41, 5.74) is 1.05. The van der Waals surface area contributed by atoms with Crippen molar-refractivity contribution in [1.29, 1.82) is 5.26 Å². The van der Waals surface area contributed by atoms with Crippen LogP contribution in [0, 0.1) is 11.3 Å². The average molecular weight is 412 g/mol. The van der Waals surface area contributed by atoms with Gasteiger partial charge in [-0.25, -0.2) is 0 Å². The fourth-order valence-electron chi connectivity index (χ4n) is 3.09. The van der Waals surface area contributed by atoms with Crippen molar-refractivity contribution in [2.24, 2.45) is 0 Å². The van der Waals surface area contributed by atoms with Crippen molar-refractivity contribution in [3.63, 3.8) is 0 Å². The number of fused-ring (bicyclic) bond motifs is 1. The van der Waals surface area contributed by atoms with E-state index >= 15 is 0 Å². The molecular formula is C21H11F3N2O2S. The standard InChI is InChI=1S/C21H11F3N2O2S/c22-21(23,24)14-7-5-12(6-8-14)11-1-3-13(4-2-11)16-10-29-20-17(16)18(27)15(9-25)19(28)26-20/h1-8,10H,(H2,26,27,28). The molecule has 2 N–H and O–H groups in total. The molecule has 4 aromatic rings. The summed E-state index contributed by atoms with van der Waals surface area (Å²) in [6, 6.07) is 13.6. The molecule has 0 aliphatic rings.